The number of hydrogen-bond donors (Lipinski definition) is 1. The van der Waals surface area contributed by atoms with E-state index in [0.717, 1.165) is 35.4 Å². The molecule has 0 saturated heterocycles. The maximum absolute atomic E-state index is 13.9. The van der Waals surface area contributed by atoms with Gasteiger partial charge in [-0.05, 0) is 48.7 Å². The molecule has 5 heteroatoms. The summed E-state index contributed by atoms with van der Waals surface area (Å²) in [6, 6.07) is 13.9. The lowest BCUT2D eigenvalue weighted by atomic mass is 9.98. The predicted octanol–water partition coefficient (Wildman–Crippen LogP) is 5.36. The first kappa shape index (κ1) is 19.2. The fourth-order valence-corrected chi connectivity index (χ4v) is 3.80. The molecule has 2 N–H and O–H groups in total. The first-order chi connectivity index (χ1) is 12.9. The number of aromatic nitrogens is 1. The number of nitrogens with two attached hydrogens (primary N) is 1. The lowest BCUT2D eigenvalue weighted by Gasteiger charge is -2.13. The van der Waals surface area contributed by atoms with Crippen molar-refractivity contribution in [3.05, 3.63) is 81.9 Å². The Morgan fingerprint density at radius 2 is 1.93 bits per heavy atom. The summed E-state index contributed by atoms with van der Waals surface area (Å²) in [5.41, 5.74) is 10.4. The molecule has 0 fully saturated rings. The van der Waals surface area contributed by atoms with Crippen LogP contribution in [-0.4, -0.2) is 10.5 Å². The molecule has 0 spiro atoms. The molecule has 1 amide bonds. The summed E-state index contributed by atoms with van der Waals surface area (Å²) in [5.74, 6) is -0.848. The van der Waals surface area contributed by atoms with Crippen LogP contribution in [0.25, 0.3) is 11.1 Å². The summed E-state index contributed by atoms with van der Waals surface area (Å²) < 4.78 is 16.0. The van der Waals surface area contributed by atoms with Crippen LogP contribution in [0, 0.1) is 12.7 Å². The third-order valence-electron chi connectivity index (χ3n) is 4.71. The molecule has 1 heterocycles. The van der Waals surface area contributed by atoms with E-state index in [1.54, 1.807) is 6.07 Å². The predicted molar refractivity (Wildman–Crippen MR) is 108 cm³/mol. The Bertz CT molecular complexity index is 994. The van der Waals surface area contributed by atoms with Crippen LogP contribution in [0.2, 0.25) is 5.02 Å². The van der Waals surface area contributed by atoms with Gasteiger partial charge in [0.1, 0.15) is 5.82 Å². The molecule has 3 aromatic rings. The number of hydrogen-bond acceptors (Lipinski definition) is 1. The number of carbonyl (C=O) groups is 1. The second-order valence-electron chi connectivity index (χ2n) is 6.62. The van der Waals surface area contributed by atoms with Crippen LogP contribution >= 0.6 is 11.6 Å². The van der Waals surface area contributed by atoms with Crippen molar-refractivity contribution in [2.75, 3.05) is 0 Å². The van der Waals surface area contributed by atoms with Gasteiger partial charge in [0.2, 0.25) is 0 Å². The Morgan fingerprint density at radius 3 is 2.56 bits per heavy atom. The van der Waals surface area contributed by atoms with Crippen molar-refractivity contribution in [1.82, 2.24) is 4.57 Å². The molecule has 3 nitrogen and oxygen atoms in total. The van der Waals surface area contributed by atoms with Crippen LogP contribution in [0.4, 0.5) is 4.39 Å². The highest BCUT2D eigenvalue weighted by atomic mass is 35.5. The molecule has 2 aromatic carbocycles. The van der Waals surface area contributed by atoms with Crippen molar-refractivity contribution in [2.24, 2.45) is 5.73 Å². The van der Waals surface area contributed by atoms with E-state index in [9.17, 15) is 9.18 Å². The smallest absolute Gasteiger partial charge is 0.251 e. The van der Waals surface area contributed by atoms with E-state index in [1.807, 2.05) is 37.3 Å². The number of halogens is 2. The normalized spacial score (nSPS) is 11.0. The van der Waals surface area contributed by atoms with E-state index in [-0.39, 0.29) is 5.82 Å². The van der Waals surface area contributed by atoms with Gasteiger partial charge >= 0.3 is 0 Å². The second-order valence-corrected chi connectivity index (χ2v) is 7.06. The molecular formula is C22H22ClFN2O. The van der Waals surface area contributed by atoms with Gasteiger partial charge < -0.3 is 10.3 Å². The molecule has 0 saturated carbocycles. The van der Waals surface area contributed by atoms with Gasteiger partial charge in [0, 0.05) is 28.5 Å². The second kappa shape index (κ2) is 7.97. The minimum Gasteiger partial charge on any atom is -0.366 e. The average Bonchev–Trinajstić information content (AvgIpc) is 2.88. The fraction of sp³-hybridized carbons (Fsp3) is 0.227. The fourth-order valence-electron chi connectivity index (χ4n) is 3.58. The number of rotatable bonds is 6. The zero-order valence-corrected chi connectivity index (χ0v) is 16.2. The average molecular weight is 385 g/mol. The molecule has 3 rings (SSSR count). The van der Waals surface area contributed by atoms with Crippen LogP contribution in [0.1, 0.15) is 40.7 Å². The van der Waals surface area contributed by atoms with Gasteiger partial charge in [-0.1, -0.05) is 49.2 Å². The van der Waals surface area contributed by atoms with E-state index in [4.69, 9.17) is 17.3 Å². The molecule has 0 radical (unpaired) electrons. The number of primary amides is 1. The first-order valence-electron chi connectivity index (χ1n) is 8.94. The molecule has 0 unspecified atom stereocenters. The van der Waals surface area contributed by atoms with Crippen LogP contribution in [0.5, 0.6) is 0 Å². The van der Waals surface area contributed by atoms with Gasteiger partial charge in [-0.25, -0.2) is 4.39 Å². The molecule has 0 bridgehead atoms. The Labute approximate surface area is 163 Å². The molecule has 1 aromatic heterocycles. The third kappa shape index (κ3) is 3.91. The van der Waals surface area contributed by atoms with E-state index < -0.39 is 5.91 Å². The van der Waals surface area contributed by atoms with Crippen LogP contribution in [-0.2, 0) is 13.0 Å². The van der Waals surface area contributed by atoms with Crippen molar-refractivity contribution < 1.29 is 9.18 Å². The highest BCUT2D eigenvalue weighted by Gasteiger charge is 2.24. The molecule has 0 atom stereocenters. The van der Waals surface area contributed by atoms with E-state index in [1.165, 1.54) is 12.1 Å². The minimum absolute atomic E-state index is 0.342. The van der Waals surface area contributed by atoms with Crippen molar-refractivity contribution in [3.63, 3.8) is 0 Å². The van der Waals surface area contributed by atoms with Gasteiger partial charge in [-0.3, -0.25) is 4.79 Å². The van der Waals surface area contributed by atoms with Crippen molar-refractivity contribution in [1.29, 1.82) is 0 Å². The zero-order chi connectivity index (χ0) is 19.6. The largest absolute Gasteiger partial charge is 0.366 e. The SMILES string of the molecule is CCCc1c(-c2cccc(F)c2)c(C(N)=O)c(C)n1Cc1cccc(Cl)c1. The van der Waals surface area contributed by atoms with Gasteiger partial charge in [-0.2, -0.15) is 0 Å². The summed E-state index contributed by atoms with van der Waals surface area (Å²) in [6.45, 7) is 4.52. The lowest BCUT2D eigenvalue weighted by Crippen LogP contribution is -2.13. The summed E-state index contributed by atoms with van der Waals surface area (Å²) >= 11 is 6.13. The maximum Gasteiger partial charge on any atom is 0.251 e. The van der Waals surface area contributed by atoms with Crippen molar-refractivity contribution in [2.45, 2.75) is 33.2 Å². The van der Waals surface area contributed by atoms with E-state index >= 15 is 0 Å². The summed E-state index contributed by atoms with van der Waals surface area (Å²) in [7, 11) is 0. The summed E-state index contributed by atoms with van der Waals surface area (Å²) in [4.78, 5) is 12.3. The van der Waals surface area contributed by atoms with Crippen molar-refractivity contribution in [3.8, 4) is 11.1 Å². The van der Waals surface area contributed by atoms with E-state index in [2.05, 4.69) is 11.5 Å². The Hall–Kier alpha value is -2.59. The molecule has 140 valence electrons. The maximum atomic E-state index is 13.9. The Morgan fingerprint density at radius 1 is 1.19 bits per heavy atom. The van der Waals surface area contributed by atoms with Crippen molar-refractivity contribution >= 4 is 17.5 Å². The highest BCUT2D eigenvalue weighted by molar-refractivity contribution is 6.30. The van der Waals surface area contributed by atoms with Gasteiger partial charge in [0.25, 0.3) is 5.91 Å². The number of benzene rings is 2. The summed E-state index contributed by atoms with van der Waals surface area (Å²) in [6.07, 6.45) is 1.64. The summed E-state index contributed by atoms with van der Waals surface area (Å²) in [5, 5.41) is 0.662. The number of amides is 1. The quantitative estimate of drug-likeness (QED) is 0.611. The number of nitrogens with zero attached hydrogens (tertiary/aromatic N) is 1. The van der Waals surface area contributed by atoms with Gasteiger partial charge in [0.15, 0.2) is 0 Å². The van der Waals surface area contributed by atoms with Crippen LogP contribution < -0.4 is 5.73 Å². The highest BCUT2D eigenvalue weighted by Crippen LogP contribution is 2.34. The topological polar surface area (TPSA) is 48.0 Å². The molecular weight excluding hydrogens is 363 g/mol. The molecule has 0 aliphatic heterocycles. The standard InChI is InChI=1S/C22H22ClFN2O/c1-3-6-19-21(16-8-5-10-18(24)12-16)20(22(25)27)14(2)26(19)13-15-7-4-9-17(23)11-15/h4-5,7-12H,3,6,13H2,1-2H3,(H2,25,27). The lowest BCUT2D eigenvalue weighted by molar-refractivity contribution is 0.1000. The van der Waals surface area contributed by atoms with E-state index in [0.29, 0.717) is 22.7 Å². The molecule has 27 heavy (non-hydrogen) atoms. The monoisotopic (exact) mass is 384 g/mol. The van der Waals surface area contributed by atoms with Crippen LogP contribution in [0.15, 0.2) is 48.5 Å². The van der Waals surface area contributed by atoms with Gasteiger partial charge in [-0.15, -0.1) is 0 Å². The zero-order valence-electron chi connectivity index (χ0n) is 15.4. The van der Waals surface area contributed by atoms with Gasteiger partial charge in [0.05, 0.1) is 5.56 Å². The molecule has 0 aliphatic rings. The first-order valence-corrected chi connectivity index (χ1v) is 9.32. The Kier molecular flexibility index (Phi) is 5.66. The number of carbonyl (C=O) groups excluding carboxylic acids is 1. The van der Waals surface area contributed by atoms with Crippen LogP contribution in [0.3, 0.4) is 0 Å². The third-order valence-corrected chi connectivity index (χ3v) is 4.94. The molecule has 0 aliphatic carbocycles. The minimum atomic E-state index is -0.506. The Balaban J connectivity index is 2.24.